The highest BCUT2D eigenvalue weighted by Crippen LogP contribution is 2.23. The smallest absolute Gasteiger partial charge is 0.126 e. The summed E-state index contributed by atoms with van der Waals surface area (Å²) in [6.07, 6.45) is 0.984. The number of aliphatic hydroxyl groups excluding tert-OH is 1. The van der Waals surface area contributed by atoms with Gasteiger partial charge in [0.2, 0.25) is 0 Å². The highest BCUT2D eigenvalue weighted by atomic mass is 35.5. The second kappa shape index (κ2) is 5.35. The lowest BCUT2D eigenvalue weighted by molar-refractivity contribution is 0.0521. The standard InChI is InChI=1S/C11H15NO2.ClH/c12-9-6-7-10(11(9)13)14-8-4-2-1-3-5-8;/h1-5,9-11,13H,6-7,12H2;1H/t9-,10+,11+;/m0./s1. The molecule has 0 spiro atoms. The number of nitrogens with two attached hydrogens (primary N) is 1. The van der Waals surface area contributed by atoms with Gasteiger partial charge in [-0.15, -0.1) is 12.4 Å². The van der Waals surface area contributed by atoms with Crippen molar-refractivity contribution in [1.82, 2.24) is 0 Å². The fourth-order valence-electron chi connectivity index (χ4n) is 1.78. The zero-order valence-corrected chi connectivity index (χ0v) is 9.19. The molecule has 1 aromatic carbocycles. The van der Waals surface area contributed by atoms with Crippen LogP contribution in [0, 0.1) is 0 Å². The average Bonchev–Trinajstić information content (AvgIpc) is 2.52. The molecule has 84 valence electrons. The SMILES string of the molecule is Cl.N[C@H]1CC[C@@H](Oc2ccccc2)[C@@H]1O. The van der Waals surface area contributed by atoms with E-state index >= 15 is 0 Å². The fraction of sp³-hybridized carbons (Fsp3) is 0.455. The van der Waals surface area contributed by atoms with Crippen LogP contribution in [0.15, 0.2) is 30.3 Å². The minimum absolute atomic E-state index is 0. The summed E-state index contributed by atoms with van der Waals surface area (Å²) < 4.78 is 5.63. The van der Waals surface area contributed by atoms with Crippen molar-refractivity contribution in [2.24, 2.45) is 5.73 Å². The van der Waals surface area contributed by atoms with E-state index in [1.807, 2.05) is 30.3 Å². The predicted octanol–water partition coefficient (Wildman–Crippen LogP) is 1.34. The van der Waals surface area contributed by atoms with Crippen LogP contribution in [0.3, 0.4) is 0 Å². The van der Waals surface area contributed by atoms with E-state index in [0.717, 1.165) is 18.6 Å². The molecule has 0 saturated heterocycles. The van der Waals surface area contributed by atoms with E-state index in [1.165, 1.54) is 0 Å². The maximum Gasteiger partial charge on any atom is 0.126 e. The van der Waals surface area contributed by atoms with Crippen molar-refractivity contribution in [3.63, 3.8) is 0 Å². The Bertz CT molecular complexity index is 294. The predicted molar refractivity (Wildman–Crippen MR) is 61.3 cm³/mol. The van der Waals surface area contributed by atoms with Crippen molar-refractivity contribution in [3.8, 4) is 5.75 Å². The lowest BCUT2D eigenvalue weighted by atomic mass is 10.2. The van der Waals surface area contributed by atoms with E-state index in [1.54, 1.807) is 0 Å². The van der Waals surface area contributed by atoms with Gasteiger partial charge in [0.15, 0.2) is 0 Å². The first-order valence-electron chi connectivity index (χ1n) is 4.93. The molecule has 0 amide bonds. The Balaban J connectivity index is 0.00000112. The van der Waals surface area contributed by atoms with E-state index in [-0.39, 0.29) is 24.6 Å². The quantitative estimate of drug-likeness (QED) is 0.805. The maximum absolute atomic E-state index is 9.67. The van der Waals surface area contributed by atoms with Crippen LogP contribution in [0.2, 0.25) is 0 Å². The second-order valence-corrected chi connectivity index (χ2v) is 3.70. The summed E-state index contributed by atoms with van der Waals surface area (Å²) in [6.45, 7) is 0. The van der Waals surface area contributed by atoms with Crippen LogP contribution in [0.5, 0.6) is 5.75 Å². The third-order valence-electron chi connectivity index (χ3n) is 2.63. The molecule has 1 aromatic rings. The fourth-order valence-corrected chi connectivity index (χ4v) is 1.78. The maximum atomic E-state index is 9.67. The summed E-state index contributed by atoms with van der Waals surface area (Å²) in [5.41, 5.74) is 5.69. The molecule has 1 fully saturated rings. The molecule has 3 nitrogen and oxygen atoms in total. The molecule has 1 aliphatic rings. The van der Waals surface area contributed by atoms with Gasteiger partial charge in [-0.2, -0.15) is 0 Å². The number of ether oxygens (including phenoxy) is 1. The number of benzene rings is 1. The van der Waals surface area contributed by atoms with Gasteiger partial charge in [-0.1, -0.05) is 18.2 Å². The summed E-state index contributed by atoms with van der Waals surface area (Å²) in [5, 5.41) is 9.67. The Morgan fingerprint density at radius 2 is 1.87 bits per heavy atom. The molecular weight excluding hydrogens is 214 g/mol. The first-order valence-corrected chi connectivity index (χ1v) is 4.93. The minimum Gasteiger partial charge on any atom is -0.488 e. The molecule has 0 unspecified atom stereocenters. The summed E-state index contributed by atoms with van der Waals surface area (Å²) in [6, 6.07) is 9.40. The van der Waals surface area contributed by atoms with E-state index < -0.39 is 6.10 Å². The van der Waals surface area contributed by atoms with Crippen LogP contribution in [0.4, 0.5) is 0 Å². The molecule has 0 aromatic heterocycles. The minimum atomic E-state index is -0.532. The second-order valence-electron chi connectivity index (χ2n) is 3.70. The third kappa shape index (κ3) is 2.84. The van der Waals surface area contributed by atoms with Gasteiger partial charge in [0.25, 0.3) is 0 Å². The molecule has 3 atom stereocenters. The Morgan fingerprint density at radius 3 is 2.40 bits per heavy atom. The molecule has 4 heteroatoms. The van der Waals surface area contributed by atoms with Crippen molar-refractivity contribution >= 4 is 12.4 Å². The molecule has 0 heterocycles. The van der Waals surface area contributed by atoms with Gasteiger partial charge in [-0.05, 0) is 25.0 Å². The Labute approximate surface area is 95.7 Å². The summed E-state index contributed by atoms with van der Waals surface area (Å²) in [7, 11) is 0. The van der Waals surface area contributed by atoms with Crippen LogP contribution in [-0.2, 0) is 0 Å². The summed E-state index contributed by atoms with van der Waals surface area (Å²) in [4.78, 5) is 0. The topological polar surface area (TPSA) is 55.5 Å². The van der Waals surface area contributed by atoms with Gasteiger partial charge < -0.3 is 15.6 Å². The van der Waals surface area contributed by atoms with E-state index in [2.05, 4.69) is 0 Å². The zero-order valence-electron chi connectivity index (χ0n) is 8.37. The molecule has 2 rings (SSSR count). The lowest BCUT2D eigenvalue weighted by Gasteiger charge is -2.18. The van der Waals surface area contributed by atoms with Crippen LogP contribution < -0.4 is 10.5 Å². The van der Waals surface area contributed by atoms with Gasteiger partial charge in [0.1, 0.15) is 18.0 Å². The number of hydrogen-bond acceptors (Lipinski definition) is 3. The van der Waals surface area contributed by atoms with Gasteiger partial charge in [0, 0.05) is 6.04 Å². The monoisotopic (exact) mass is 229 g/mol. The van der Waals surface area contributed by atoms with Crippen LogP contribution >= 0.6 is 12.4 Å². The van der Waals surface area contributed by atoms with Gasteiger partial charge in [-0.25, -0.2) is 0 Å². The zero-order chi connectivity index (χ0) is 9.97. The van der Waals surface area contributed by atoms with Crippen molar-refractivity contribution in [2.45, 2.75) is 31.1 Å². The Hall–Kier alpha value is -0.770. The van der Waals surface area contributed by atoms with Crippen molar-refractivity contribution in [2.75, 3.05) is 0 Å². The average molecular weight is 230 g/mol. The van der Waals surface area contributed by atoms with E-state index in [9.17, 15) is 5.11 Å². The summed E-state index contributed by atoms with van der Waals surface area (Å²) in [5.74, 6) is 0.797. The van der Waals surface area contributed by atoms with Gasteiger partial charge >= 0.3 is 0 Å². The molecule has 15 heavy (non-hydrogen) atoms. The van der Waals surface area contributed by atoms with Crippen LogP contribution in [-0.4, -0.2) is 23.4 Å². The molecule has 1 saturated carbocycles. The van der Waals surface area contributed by atoms with Crippen molar-refractivity contribution in [3.05, 3.63) is 30.3 Å². The highest BCUT2D eigenvalue weighted by molar-refractivity contribution is 5.85. The Kier molecular flexibility index (Phi) is 4.39. The summed E-state index contributed by atoms with van der Waals surface area (Å²) >= 11 is 0. The molecule has 0 bridgehead atoms. The number of hydrogen-bond donors (Lipinski definition) is 2. The molecule has 3 N–H and O–H groups in total. The van der Waals surface area contributed by atoms with Crippen LogP contribution in [0.1, 0.15) is 12.8 Å². The Morgan fingerprint density at radius 1 is 1.20 bits per heavy atom. The molecule has 0 radical (unpaired) electrons. The molecule has 1 aliphatic carbocycles. The first-order chi connectivity index (χ1) is 6.77. The number of para-hydroxylation sites is 1. The lowest BCUT2D eigenvalue weighted by Crippen LogP contribution is -2.37. The van der Waals surface area contributed by atoms with Crippen molar-refractivity contribution < 1.29 is 9.84 Å². The third-order valence-corrected chi connectivity index (χ3v) is 2.63. The van der Waals surface area contributed by atoms with Gasteiger partial charge in [0.05, 0.1) is 0 Å². The van der Waals surface area contributed by atoms with Gasteiger partial charge in [-0.3, -0.25) is 0 Å². The number of aliphatic hydroxyl groups is 1. The van der Waals surface area contributed by atoms with E-state index in [0.29, 0.717) is 0 Å². The van der Waals surface area contributed by atoms with Crippen molar-refractivity contribution in [1.29, 1.82) is 0 Å². The first kappa shape index (κ1) is 12.3. The molecular formula is C11H16ClNO2. The normalized spacial score (nSPS) is 29.6. The highest BCUT2D eigenvalue weighted by Gasteiger charge is 2.33. The number of rotatable bonds is 2. The van der Waals surface area contributed by atoms with Crippen LogP contribution in [0.25, 0.3) is 0 Å². The molecule has 0 aliphatic heterocycles. The number of halogens is 1. The van der Waals surface area contributed by atoms with E-state index in [4.69, 9.17) is 10.5 Å². The largest absolute Gasteiger partial charge is 0.488 e.